The van der Waals surface area contributed by atoms with Gasteiger partial charge in [0.15, 0.2) is 5.82 Å². The molecule has 0 bridgehead atoms. The van der Waals surface area contributed by atoms with Gasteiger partial charge in [-0.05, 0) is 28.9 Å². The number of rotatable bonds is 1. The largest absolute Gasteiger partial charge is 0.464 e. The molecule has 4 nitrogen and oxygen atoms in total. The number of benzene rings is 1. The van der Waals surface area contributed by atoms with Crippen molar-refractivity contribution >= 4 is 32.7 Å². The molecule has 0 aliphatic carbocycles. The summed E-state index contributed by atoms with van der Waals surface area (Å²) in [6.45, 7) is 1.88. The van der Waals surface area contributed by atoms with Crippen LogP contribution >= 0.6 is 15.9 Å². The smallest absolute Gasteiger partial charge is 0.165 e. The van der Waals surface area contributed by atoms with Crippen LogP contribution in [0.5, 0.6) is 0 Å². The van der Waals surface area contributed by atoms with Crippen molar-refractivity contribution in [3.63, 3.8) is 0 Å². The van der Waals surface area contributed by atoms with E-state index in [1.807, 2.05) is 31.2 Å². The fourth-order valence-electron chi connectivity index (χ4n) is 1.85. The van der Waals surface area contributed by atoms with E-state index in [1.165, 1.54) is 0 Å². The Morgan fingerprint density at radius 3 is 2.78 bits per heavy atom. The highest BCUT2D eigenvalue weighted by Crippen LogP contribution is 2.30. The van der Waals surface area contributed by atoms with Gasteiger partial charge < -0.3 is 10.2 Å². The number of halogens is 1. The monoisotopic (exact) mass is 303 g/mol. The Morgan fingerprint density at radius 2 is 2.00 bits per heavy atom. The minimum atomic E-state index is 0.433. The highest BCUT2D eigenvalue weighted by atomic mass is 79.9. The number of aromatic nitrogens is 2. The van der Waals surface area contributed by atoms with E-state index in [0.717, 1.165) is 26.7 Å². The summed E-state index contributed by atoms with van der Waals surface area (Å²) in [7, 11) is 0. The Morgan fingerprint density at radius 1 is 1.22 bits per heavy atom. The third-order valence-electron chi connectivity index (χ3n) is 2.76. The van der Waals surface area contributed by atoms with Gasteiger partial charge in [0.05, 0.1) is 15.7 Å². The van der Waals surface area contributed by atoms with Crippen molar-refractivity contribution in [2.24, 2.45) is 0 Å². The lowest BCUT2D eigenvalue weighted by molar-refractivity contribution is 0.616. The number of fused-ring (bicyclic) bond motifs is 1. The maximum atomic E-state index is 5.84. The number of hydrogen-bond acceptors (Lipinski definition) is 4. The molecule has 0 amide bonds. The van der Waals surface area contributed by atoms with Crippen LogP contribution in [-0.4, -0.2) is 9.97 Å². The summed E-state index contributed by atoms with van der Waals surface area (Å²) in [6.07, 6.45) is 1.66. The Kier molecular flexibility index (Phi) is 2.56. The lowest BCUT2D eigenvalue weighted by Crippen LogP contribution is -1.99. The number of hydrogen-bond donors (Lipinski definition) is 1. The quantitative estimate of drug-likeness (QED) is 0.746. The van der Waals surface area contributed by atoms with Crippen LogP contribution in [0, 0.1) is 6.92 Å². The van der Waals surface area contributed by atoms with Crippen LogP contribution in [0.3, 0.4) is 0 Å². The van der Waals surface area contributed by atoms with Gasteiger partial charge in [-0.2, -0.15) is 0 Å². The topological polar surface area (TPSA) is 64.9 Å². The highest BCUT2D eigenvalue weighted by molar-refractivity contribution is 9.10. The van der Waals surface area contributed by atoms with Gasteiger partial charge in [0.25, 0.3) is 0 Å². The van der Waals surface area contributed by atoms with Crippen molar-refractivity contribution in [3.8, 4) is 11.4 Å². The van der Waals surface area contributed by atoms with Gasteiger partial charge >= 0.3 is 0 Å². The summed E-state index contributed by atoms with van der Waals surface area (Å²) in [6, 6.07) is 7.77. The van der Waals surface area contributed by atoms with E-state index in [0.29, 0.717) is 11.6 Å². The van der Waals surface area contributed by atoms with E-state index in [2.05, 4.69) is 25.9 Å². The van der Waals surface area contributed by atoms with Crippen LogP contribution in [0.25, 0.3) is 22.4 Å². The zero-order chi connectivity index (χ0) is 12.7. The molecule has 0 spiro atoms. The van der Waals surface area contributed by atoms with Crippen LogP contribution in [0.4, 0.5) is 5.82 Å². The molecule has 0 unspecified atom stereocenters. The fourth-order valence-corrected chi connectivity index (χ4v) is 2.03. The average molecular weight is 304 g/mol. The molecule has 90 valence electrons. The number of furan rings is 1. The van der Waals surface area contributed by atoms with Crippen LogP contribution in [0.15, 0.2) is 39.4 Å². The number of anilines is 1. The Hall–Kier alpha value is -1.88. The number of para-hydroxylation sites is 1. The molecule has 2 heterocycles. The molecular formula is C13H10BrN3O. The minimum absolute atomic E-state index is 0.433. The molecule has 1 aromatic carbocycles. The molecule has 3 rings (SSSR count). The maximum Gasteiger partial charge on any atom is 0.165 e. The molecule has 2 N–H and O–H groups in total. The predicted octanol–water partition coefficient (Wildman–Crippen LogP) is 3.54. The third-order valence-corrected chi connectivity index (χ3v) is 3.74. The van der Waals surface area contributed by atoms with Crippen molar-refractivity contribution in [1.29, 1.82) is 0 Å². The van der Waals surface area contributed by atoms with Gasteiger partial charge in [0, 0.05) is 5.39 Å². The number of aryl methyl sites for hydroxylation is 1. The van der Waals surface area contributed by atoms with Crippen molar-refractivity contribution in [1.82, 2.24) is 9.97 Å². The third kappa shape index (κ3) is 1.67. The highest BCUT2D eigenvalue weighted by Gasteiger charge is 2.13. The summed E-state index contributed by atoms with van der Waals surface area (Å²) in [5.74, 6) is 1.01. The van der Waals surface area contributed by atoms with E-state index < -0.39 is 0 Å². The number of nitrogen functional groups attached to an aromatic ring is 1. The molecule has 3 aromatic rings. The normalized spacial score (nSPS) is 11.0. The molecule has 0 saturated heterocycles. The van der Waals surface area contributed by atoms with Crippen molar-refractivity contribution in [2.45, 2.75) is 6.92 Å². The Balaban J connectivity index is 2.26. The van der Waals surface area contributed by atoms with Crippen molar-refractivity contribution in [3.05, 3.63) is 40.7 Å². The van der Waals surface area contributed by atoms with E-state index >= 15 is 0 Å². The summed E-state index contributed by atoms with van der Waals surface area (Å²) in [4.78, 5) is 8.71. The zero-order valence-electron chi connectivity index (χ0n) is 9.64. The van der Waals surface area contributed by atoms with Gasteiger partial charge in [0.2, 0.25) is 0 Å². The van der Waals surface area contributed by atoms with E-state index in [9.17, 15) is 0 Å². The maximum absolute atomic E-state index is 5.84. The minimum Gasteiger partial charge on any atom is -0.464 e. The first-order chi connectivity index (χ1) is 8.66. The summed E-state index contributed by atoms with van der Waals surface area (Å²) >= 11 is 3.35. The first-order valence-electron chi connectivity index (χ1n) is 5.43. The van der Waals surface area contributed by atoms with E-state index in [1.54, 1.807) is 6.26 Å². The molecule has 2 aromatic heterocycles. The molecule has 0 saturated carbocycles. The molecule has 18 heavy (non-hydrogen) atoms. The van der Waals surface area contributed by atoms with E-state index in [4.69, 9.17) is 10.2 Å². The summed E-state index contributed by atoms with van der Waals surface area (Å²) < 4.78 is 6.22. The Bertz CT molecular complexity index is 713. The van der Waals surface area contributed by atoms with Gasteiger partial charge in [-0.3, -0.25) is 0 Å². The second-order valence-corrected chi connectivity index (χ2v) is 4.77. The molecule has 0 aliphatic rings. The van der Waals surface area contributed by atoms with Crippen LogP contribution in [0.1, 0.15) is 5.69 Å². The first kappa shape index (κ1) is 11.2. The molecule has 0 fully saturated rings. The zero-order valence-corrected chi connectivity index (χ0v) is 11.2. The number of nitrogens with two attached hydrogens (primary N) is 1. The first-order valence-corrected chi connectivity index (χ1v) is 6.22. The van der Waals surface area contributed by atoms with Crippen molar-refractivity contribution in [2.75, 3.05) is 5.73 Å². The predicted molar refractivity (Wildman–Crippen MR) is 74.1 cm³/mol. The lowest BCUT2D eigenvalue weighted by atomic mass is 10.1. The lowest BCUT2D eigenvalue weighted by Gasteiger charge is -2.04. The summed E-state index contributed by atoms with van der Waals surface area (Å²) in [5, 5.41) is 0.985. The molecule has 0 radical (unpaired) electrons. The van der Waals surface area contributed by atoms with Crippen LogP contribution in [0.2, 0.25) is 0 Å². The standard InChI is InChI=1S/C13H10BrN3O/c1-7-11(14)12(15)17-13(16-7)9-6-18-10-5-3-2-4-8(9)10/h2-6H,1H3,(H2,15,16,17). The molecule has 0 aliphatic heterocycles. The molecule has 0 atom stereocenters. The van der Waals surface area contributed by atoms with Gasteiger partial charge in [-0.25, -0.2) is 9.97 Å². The summed E-state index contributed by atoms with van der Waals surface area (Å²) in [5.41, 5.74) is 8.32. The van der Waals surface area contributed by atoms with Crippen LogP contribution in [-0.2, 0) is 0 Å². The number of nitrogens with zero attached hydrogens (tertiary/aromatic N) is 2. The SMILES string of the molecule is Cc1nc(-c2coc3ccccc23)nc(N)c1Br. The van der Waals surface area contributed by atoms with Gasteiger partial charge in [-0.1, -0.05) is 18.2 Å². The average Bonchev–Trinajstić information content (AvgIpc) is 2.79. The molecular weight excluding hydrogens is 294 g/mol. The second-order valence-electron chi connectivity index (χ2n) is 3.98. The molecule has 5 heteroatoms. The van der Waals surface area contributed by atoms with Gasteiger partial charge in [0.1, 0.15) is 17.7 Å². The van der Waals surface area contributed by atoms with Crippen molar-refractivity contribution < 1.29 is 4.42 Å². The van der Waals surface area contributed by atoms with Crippen LogP contribution < -0.4 is 5.73 Å². The van der Waals surface area contributed by atoms with E-state index in [-0.39, 0.29) is 0 Å². The second kappa shape index (κ2) is 4.10. The van der Waals surface area contributed by atoms with Gasteiger partial charge in [-0.15, -0.1) is 0 Å². The fraction of sp³-hybridized carbons (Fsp3) is 0.0769. The Labute approximate surface area is 112 Å².